The van der Waals surface area contributed by atoms with E-state index in [9.17, 15) is 0 Å². The first-order valence-electron chi connectivity index (χ1n) is 6.25. The summed E-state index contributed by atoms with van der Waals surface area (Å²) in [5, 5.41) is 3.19. The Morgan fingerprint density at radius 3 is 2.33 bits per heavy atom. The summed E-state index contributed by atoms with van der Waals surface area (Å²) < 4.78 is 0. The van der Waals surface area contributed by atoms with Gasteiger partial charge in [0.15, 0.2) is 0 Å². The van der Waals surface area contributed by atoms with Crippen molar-refractivity contribution in [1.82, 2.24) is 5.32 Å². The highest BCUT2D eigenvalue weighted by molar-refractivity contribution is 5.63. The number of nitrogens with zero attached hydrogens (tertiary/aromatic N) is 1. The number of hydrogen-bond donors (Lipinski definition) is 1. The van der Waals surface area contributed by atoms with Crippen LogP contribution in [0.1, 0.15) is 11.1 Å². The summed E-state index contributed by atoms with van der Waals surface area (Å²) in [6, 6.07) is 17.0. The van der Waals surface area contributed by atoms with Crippen molar-refractivity contribution in [3.8, 4) is 0 Å². The first-order valence-corrected chi connectivity index (χ1v) is 6.25. The lowest BCUT2D eigenvalue weighted by Gasteiger charge is -2.20. The molecule has 2 heteroatoms. The molecule has 0 amide bonds. The van der Waals surface area contributed by atoms with Crippen molar-refractivity contribution in [2.45, 2.75) is 13.5 Å². The molecular formula is C16H20N2. The molecular weight excluding hydrogens is 220 g/mol. The molecule has 0 aliphatic heterocycles. The minimum absolute atomic E-state index is 0.918. The fraction of sp³-hybridized carbons (Fsp3) is 0.250. The summed E-state index contributed by atoms with van der Waals surface area (Å²) in [5.74, 6) is 0. The molecule has 0 fully saturated rings. The maximum Gasteiger partial charge on any atom is 0.0410 e. The van der Waals surface area contributed by atoms with E-state index in [1.807, 2.05) is 13.1 Å². The summed E-state index contributed by atoms with van der Waals surface area (Å²) in [5.41, 5.74) is 5.10. The van der Waals surface area contributed by atoms with Crippen LogP contribution in [0, 0.1) is 6.92 Å². The Labute approximate surface area is 109 Å². The highest BCUT2D eigenvalue weighted by atomic mass is 15.1. The monoisotopic (exact) mass is 240 g/mol. The molecule has 2 nitrogen and oxygen atoms in total. The van der Waals surface area contributed by atoms with Gasteiger partial charge in [0.2, 0.25) is 0 Å². The van der Waals surface area contributed by atoms with Crippen LogP contribution in [0.15, 0.2) is 48.5 Å². The number of benzene rings is 2. The molecule has 2 aromatic rings. The van der Waals surface area contributed by atoms with E-state index in [1.54, 1.807) is 0 Å². The van der Waals surface area contributed by atoms with Crippen molar-refractivity contribution < 1.29 is 0 Å². The Kier molecular flexibility index (Phi) is 4.00. The van der Waals surface area contributed by atoms with Gasteiger partial charge in [-0.25, -0.2) is 0 Å². The second kappa shape index (κ2) is 5.69. The average molecular weight is 240 g/mol. The fourth-order valence-electron chi connectivity index (χ4n) is 2.08. The lowest BCUT2D eigenvalue weighted by Crippen LogP contribution is -2.11. The Morgan fingerprint density at radius 2 is 1.72 bits per heavy atom. The quantitative estimate of drug-likeness (QED) is 0.880. The van der Waals surface area contributed by atoms with Gasteiger partial charge in [0.05, 0.1) is 0 Å². The van der Waals surface area contributed by atoms with Crippen LogP contribution in [0.5, 0.6) is 0 Å². The highest BCUT2D eigenvalue weighted by Crippen LogP contribution is 2.25. The largest absolute Gasteiger partial charge is 0.345 e. The van der Waals surface area contributed by atoms with Gasteiger partial charge in [-0.1, -0.05) is 24.3 Å². The van der Waals surface area contributed by atoms with Gasteiger partial charge in [-0.2, -0.15) is 0 Å². The molecule has 0 aliphatic rings. The Balaban J connectivity index is 2.26. The van der Waals surface area contributed by atoms with Crippen molar-refractivity contribution in [3.63, 3.8) is 0 Å². The SMILES string of the molecule is CNCc1ccc(N(C)c2ccccc2)cc1C. The second-order valence-corrected chi connectivity index (χ2v) is 4.54. The summed E-state index contributed by atoms with van der Waals surface area (Å²) >= 11 is 0. The topological polar surface area (TPSA) is 15.3 Å². The Morgan fingerprint density at radius 1 is 1.00 bits per heavy atom. The van der Waals surface area contributed by atoms with E-state index in [4.69, 9.17) is 0 Å². The number of hydrogen-bond acceptors (Lipinski definition) is 2. The molecule has 94 valence electrons. The predicted molar refractivity (Wildman–Crippen MR) is 78.4 cm³/mol. The molecule has 0 radical (unpaired) electrons. The van der Waals surface area contributed by atoms with Gasteiger partial charge >= 0.3 is 0 Å². The van der Waals surface area contributed by atoms with Crippen LogP contribution < -0.4 is 10.2 Å². The van der Waals surface area contributed by atoms with E-state index in [0.717, 1.165) is 6.54 Å². The Bertz CT molecular complexity index is 506. The van der Waals surface area contributed by atoms with Crippen LogP contribution in [-0.2, 0) is 6.54 Å². The van der Waals surface area contributed by atoms with Gasteiger partial charge in [0.1, 0.15) is 0 Å². The number of nitrogens with one attached hydrogen (secondary N) is 1. The van der Waals surface area contributed by atoms with Crippen LogP contribution in [0.2, 0.25) is 0 Å². The Hall–Kier alpha value is -1.80. The van der Waals surface area contributed by atoms with E-state index in [0.29, 0.717) is 0 Å². The van der Waals surface area contributed by atoms with Crippen LogP contribution in [0.4, 0.5) is 11.4 Å². The minimum atomic E-state index is 0.918. The summed E-state index contributed by atoms with van der Waals surface area (Å²) in [4.78, 5) is 2.20. The van der Waals surface area contributed by atoms with Crippen molar-refractivity contribution in [2.24, 2.45) is 0 Å². The van der Waals surface area contributed by atoms with E-state index >= 15 is 0 Å². The molecule has 0 heterocycles. The first-order chi connectivity index (χ1) is 8.72. The number of para-hydroxylation sites is 1. The van der Waals surface area contributed by atoms with Gasteiger partial charge in [0, 0.05) is 25.0 Å². The third-order valence-electron chi connectivity index (χ3n) is 3.22. The molecule has 2 rings (SSSR count). The van der Waals surface area contributed by atoms with Crippen LogP contribution in [0.3, 0.4) is 0 Å². The van der Waals surface area contributed by atoms with Crippen LogP contribution >= 0.6 is 0 Å². The predicted octanol–water partition coefficient (Wildman–Crippen LogP) is 3.48. The summed E-state index contributed by atoms with van der Waals surface area (Å²) in [7, 11) is 4.07. The molecule has 0 saturated carbocycles. The zero-order chi connectivity index (χ0) is 13.0. The van der Waals surface area contributed by atoms with Crippen LogP contribution in [0.25, 0.3) is 0 Å². The van der Waals surface area contributed by atoms with Gasteiger partial charge in [-0.3, -0.25) is 0 Å². The summed E-state index contributed by atoms with van der Waals surface area (Å²) in [6.45, 7) is 3.08. The van der Waals surface area contributed by atoms with Gasteiger partial charge in [0.25, 0.3) is 0 Å². The molecule has 0 saturated heterocycles. The average Bonchev–Trinajstić information content (AvgIpc) is 2.41. The lowest BCUT2D eigenvalue weighted by molar-refractivity contribution is 0.812. The van der Waals surface area contributed by atoms with Gasteiger partial charge < -0.3 is 10.2 Å². The fourth-order valence-corrected chi connectivity index (χ4v) is 2.08. The van der Waals surface area contributed by atoms with Crippen molar-refractivity contribution in [1.29, 1.82) is 0 Å². The maximum atomic E-state index is 3.19. The van der Waals surface area contributed by atoms with Crippen molar-refractivity contribution >= 4 is 11.4 Å². The van der Waals surface area contributed by atoms with Gasteiger partial charge in [-0.15, -0.1) is 0 Å². The molecule has 0 atom stereocenters. The molecule has 0 spiro atoms. The highest BCUT2D eigenvalue weighted by Gasteiger charge is 2.05. The molecule has 0 aromatic heterocycles. The number of anilines is 2. The molecule has 1 N–H and O–H groups in total. The number of aryl methyl sites for hydroxylation is 1. The third-order valence-corrected chi connectivity index (χ3v) is 3.22. The van der Waals surface area contributed by atoms with Crippen molar-refractivity contribution in [2.75, 3.05) is 19.0 Å². The normalized spacial score (nSPS) is 10.4. The smallest absolute Gasteiger partial charge is 0.0410 e. The van der Waals surface area contributed by atoms with Crippen LogP contribution in [-0.4, -0.2) is 14.1 Å². The first kappa shape index (κ1) is 12.7. The molecule has 2 aromatic carbocycles. The molecule has 0 bridgehead atoms. The third kappa shape index (κ3) is 2.71. The minimum Gasteiger partial charge on any atom is -0.345 e. The second-order valence-electron chi connectivity index (χ2n) is 4.54. The lowest BCUT2D eigenvalue weighted by atomic mass is 10.1. The molecule has 18 heavy (non-hydrogen) atoms. The summed E-state index contributed by atoms with van der Waals surface area (Å²) in [6.07, 6.45) is 0. The van der Waals surface area contributed by atoms with E-state index in [1.165, 1.54) is 22.5 Å². The van der Waals surface area contributed by atoms with Crippen molar-refractivity contribution in [3.05, 3.63) is 59.7 Å². The zero-order valence-electron chi connectivity index (χ0n) is 11.3. The van der Waals surface area contributed by atoms with E-state index in [2.05, 4.69) is 66.7 Å². The van der Waals surface area contributed by atoms with Gasteiger partial charge in [-0.05, 0) is 49.4 Å². The molecule has 0 aliphatic carbocycles. The molecule has 0 unspecified atom stereocenters. The van der Waals surface area contributed by atoms with E-state index < -0.39 is 0 Å². The van der Waals surface area contributed by atoms with E-state index in [-0.39, 0.29) is 0 Å². The maximum absolute atomic E-state index is 3.19. The standard InChI is InChI=1S/C16H20N2/c1-13-11-16(10-9-14(13)12-17-2)18(3)15-7-5-4-6-8-15/h4-11,17H,12H2,1-3H3. The number of rotatable bonds is 4. The zero-order valence-corrected chi connectivity index (χ0v) is 11.3.